The van der Waals surface area contributed by atoms with E-state index in [1.165, 1.54) is 13.0 Å². The molecule has 1 aromatic heterocycles. The van der Waals surface area contributed by atoms with E-state index in [4.69, 9.17) is 9.47 Å². The molecule has 0 aliphatic carbocycles. The Kier molecular flexibility index (Phi) is 5.21. The van der Waals surface area contributed by atoms with Crippen LogP contribution in [0.15, 0.2) is 59.4 Å². The number of H-pyrrole nitrogens is 1. The number of amides is 1. The average molecular weight is 366 g/mol. The number of benzene rings is 2. The molecule has 2 aromatic carbocycles. The predicted octanol–water partition coefficient (Wildman–Crippen LogP) is 2.72. The summed E-state index contributed by atoms with van der Waals surface area (Å²) in [4.78, 5) is 39.1. The Morgan fingerprint density at radius 2 is 1.78 bits per heavy atom. The Balaban J connectivity index is 1.69. The maximum absolute atomic E-state index is 12.3. The first-order valence-electron chi connectivity index (χ1n) is 8.26. The molecule has 0 radical (unpaired) electrons. The van der Waals surface area contributed by atoms with Crippen molar-refractivity contribution in [2.75, 3.05) is 12.4 Å². The molecule has 1 atom stereocenters. The summed E-state index contributed by atoms with van der Waals surface area (Å²) in [7, 11) is 1.55. The summed E-state index contributed by atoms with van der Waals surface area (Å²) in [6.45, 7) is 1.45. The molecule has 1 amide bonds. The van der Waals surface area contributed by atoms with Crippen LogP contribution in [0.25, 0.3) is 10.8 Å². The number of aromatic nitrogens is 1. The highest BCUT2D eigenvalue weighted by Gasteiger charge is 2.20. The Labute approximate surface area is 154 Å². The maximum atomic E-state index is 12.3. The number of nitrogens with one attached hydrogen (secondary N) is 2. The van der Waals surface area contributed by atoms with Crippen LogP contribution in [0.3, 0.4) is 0 Å². The zero-order valence-electron chi connectivity index (χ0n) is 14.8. The number of methoxy groups -OCH3 is 1. The second-order valence-electron chi connectivity index (χ2n) is 5.86. The van der Waals surface area contributed by atoms with Crippen molar-refractivity contribution in [2.24, 2.45) is 0 Å². The van der Waals surface area contributed by atoms with Gasteiger partial charge in [0, 0.05) is 11.1 Å². The summed E-state index contributed by atoms with van der Waals surface area (Å²) in [6.07, 6.45) is -1.05. The van der Waals surface area contributed by atoms with Crippen molar-refractivity contribution in [3.63, 3.8) is 0 Å². The summed E-state index contributed by atoms with van der Waals surface area (Å²) >= 11 is 0. The second-order valence-corrected chi connectivity index (χ2v) is 5.86. The van der Waals surface area contributed by atoms with E-state index in [1.54, 1.807) is 55.6 Å². The third-order valence-corrected chi connectivity index (χ3v) is 3.98. The van der Waals surface area contributed by atoms with Crippen molar-refractivity contribution in [3.05, 3.63) is 70.6 Å². The first kappa shape index (κ1) is 18.2. The molecule has 0 aliphatic rings. The van der Waals surface area contributed by atoms with Gasteiger partial charge in [-0.2, -0.15) is 0 Å². The molecule has 1 heterocycles. The molecule has 7 nitrogen and oxygen atoms in total. The van der Waals surface area contributed by atoms with E-state index in [0.717, 1.165) is 0 Å². The lowest BCUT2D eigenvalue weighted by Crippen LogP contribution is -2.30. The number of carbonyl (C=O) groups is 2. The SMILES string of the molecule is COc1ccc(NC(=O)[C@@H](C)OC(=O)c2cc3ccccc3c(=O)[nH]2)cc1. The monoisotopic (exact) mass is 366 g/mol. The highest BCUT2D eigenvalue weighted by atomic mass is 16.5. The molecule has 0 bridgehead atoms. The fraction of sp³-hybridized carbons (Fsp3) is 0.150. The standard InChI is InChI=1S/C20H18N2O5/c1-12(18(23)21-14-7-9-15(26-2)10-8-14)27-20(25)17-11-13-5-3-4-6-16(13)19(24)22-17/h3-12H,1-2H3,(H,21,23)(H,22,24)/t12-/m1/s1. The minimum absolute atomic E-state index is 0.0113. The van der Waals surface area contributed by atoms with Gasteiger partial charge in [0.05, 0.1) is 7.11 Å². The van der Waals surface area contributed by atoms with Crippen LogP contribution in [-0.2, 0) is 9.53 Å². The van der Waals surface area contributed by atoms with Crippen LogP contribution in [0.1, 0.15) is 17.4 Å². The highest BCUT2D eigenvalue weighted by molar-refractivity contribution is 5.98. The van der Waals surface area contributed by atoms with Crippen LogP contribution >= 0.6 is 0 Å². The normalized spacial score (nSPS) is 11.6. The third kappa shape index (κ3) is 4.14. The van der Waals surface area contributed by atoms with Gasteiger partial charge in [0.1, 0.15) is 11.4 Å². The van der Waals surface area contributed by atoms with Gasteiger partial charge in [-0.05, 0) is 48.7 Å². The van der Waals surface area contributed by atoms with Gasteiger partial charge in [-0.25, -0.2) is 4.79 Å². The number of anilines is 1. The van der Waals surface area contributed by atoms with Crippen LogP contribution in [-0.4, -0.2) is 30.1 Å². The summed E-state index contributed by atoms with van der Waals surface area (Å²) in [5.41, 5.74) is 0.140. The fourth-order valence-electron chi connectivity index (χ4n) is 2.52. The number of carbonyl (C=O) groups excluding carboxylic acids is 2. The van der Waals surface area contributed by atoms with Crippen LogP contribution < -0.4 is 15.6 Å². The van der Waals surface area contributed by atoms with E-state index in [2.05, 4.69) is 10.3 Å². The van der Waals surface area contributed by atoms with Gasteiger partial charge in [0.25, 0.3) is 11.5 Å². The number of hydrogen-bond donors (Lipinski definition) is 2. The van der Waals surface area contributed by atoms with Crippen molar-refractivity contribution >= 4 is 28.3 Å². The van der Waals surface area contributed by atoms with E-state index >= 15 is 0 Å². The second kappa shape index (κ2) is 7.74. The van der Waals surface area contributed by atoms with Crippen molar-refractivity contribution in [1.29, 1.82) is 0 Å². The van der Waals surface area contributed by atoms with Crippen LogP contribution in [0.5, 0.6) is 5.75 Å². The summed E-state index contributed by atoms with van der Waals surface area (Å²) in [5, 5.41) is 3.73. The molecule has 3 aromatic rings. The largest absolute Gasteiger partial charge is 0.497 e. The van der Waals surface area contributed by atoms with Gasteiger partial charge < -0.3 is 19.8 Å². The van der Waals surface area contributed by atoms with E-state index in [9.17, 15) is 14.4 Å². The lowest BCUT2D eigenvalue weighted by molar-refractivity contribution is -0.123. The zero-order valence-corrected chi connectivity index (χ0v) is 14.8. The number of esters is 1. The van der Waals surface area contributed by atoms with Gasteiger partial charge in [-0.15, -0.1) is 0 Å². The molecule has 138 valence electrons. The van der Waals surface area contributed by atoms with Gasteiger partial charge in [-0.3, -0.25) is 9.59 Å². The quantitative estimate of drug-likeness (QED) is 0.677. The van der Waals surface area contributed by atoms with Crippen molar-refractivity contribution in [3.8, 4) is 5.75 Å². The molecule has 27 heavy (non-hydrogen) atoms. The summed E-state index contributed by atoms with van der Waals surface area (Å²) in [6, 6.07) is 15.2. The lowest BCUT2D eigenvalue weighted by atomic mass is 10.1. The minimum Gasteiger partial charge on any atom is -0.497 e. The Bertz CT molecular complexity index is 1040. The molecule has 2 N–H and O–H groups in total. The topological polar surface area (TPSA) is 97.5 Å². The molecule has 0 saturated heterocycles. The van der Waals surface area contributed by atoms with Gasteiger partial charge in [0.2, 0.25) is 0 Å². The van der Waals surface area contributed by atoms with Crippen LogP contribution in [0, 0.1) is 0 Å². The molecule has 7 heteroatoms. The first-order chi connectivity index (χ1) is 13.0. The van der Waals surface area contributed by atoms with Crippen molar-refractivity contribution in [2.45, 2.75) is 13.0 Å². The van der Waals surface area contributed by atoms with E-state index in [-0.39, 0.29) is 5.69 Å². The fourth-order valence-corrected chi connectivity index (χ4v) is 2.52. The van der Waals surface area contributed by atoms with Crippen LogP contribution in [0.4, 0.5) is 5.69 Å². The first-order valence-corrected chi connectivity index (χ1v) is 8.26. The maximum Gasteiger partial charge on any atom is 0.355 e. The van der Waals surface area contributed by atoms with Gasteiger partial charge in [0.15, 0.2) is 6.10 Å². The number of rotatable bonds is 5. The number of pyridine rings is 1. The molecule has 0 saturated carbocycles. The smallest absolute Gasteiger partial charge is 0.355 e. The van der Waals surface area contributed by atoms with E-state index < -0.39 is 23.5 Å². The average Bonchev–Trinajstić information content (AvgIpc) is 2.68. The molecule has 0 spiro atoms. The third-order valence-electron chi connectivity index (χ3n) is 3.98. The van der Waals surface area contributed by atoms with Crippen molar-refractivity contribution < 1.29 is 19.1 Å². The molecule has 0 aliphatic heterocycles. The van der Waals surface area contributed by atoms with Crippen LogP contribution in [0.2, 0.25) is 0 Å². The lowest BCUT2D eigenvalue weighted by Gasteiger charge is -2.14. The molecule has 0 unspecified atom stereocenters. The van der Waals surface area contributed by atoms with E-state index in [0.29, 0.717) is 22.2 Å². The highest BCUT2D eigenvalue weighted by Crippen LogP contribution is 2.16. The van der Waals surface area contributed by atoms with E-state index in [1.807, 2.05) is 0 Å². The number of fused-ring (bicyclic) bond motifs is 1. The number of hydrogen-bond acceptors (Lipinski definition) is 5. The summed E-state index contributed by atoms with van der Waals surface area (Å²) < 4.78 is 10.2. The van der Waals surface area contributed by atoms with Gasteiger partial charge in [-0.1, -0.05) is 18.2 Å². The Morgan fingerprint density at radius 1 is 1.07 bits per heavy atom. The number of ether oxygens (including phenoxy) is 2. The molecular formula is C20H18N2O5. The molecule has 3 rings (SSSR count). The summed E-state index contributed by atoms with van der Waals surface area (Å²) in [5.74, 6) is -0.611. The Morgan fingerprint density at radius 3 is 2.48 bits per heavy atom. The minimum atomic E-state index is -1.05. The van der Waals surface area contributed by atoms with Gasteiger partial charge >= 0.3 is 5.97 Å². The molecular weight excluding hydrogens is 348 g/mol. The Hall–Kier alpha value is -3.61. The zero-order chi connectivity index (χ0) is 19.4. The van der Waals surface area contributed by atoms with Crippen molar-refractivity contribution in [1.82, 2.24) is 4.98 Å². The molecule has 0 fully saturated rings. The predicted molar refractivity (Wildman–Crippen MR) is 101 cm³/mol. The number of aromatic amines is 1.